The van der Waals surface area contributed by atoms with E-state index in [1.807, 2.05) is 12.1 Å². The average Bonchev–Trinajstić information content (AvgIpc) is 2.97. The van der Waals surface area contributed by atoms with E-state index in [-0.39, 0.29) is 6.04 Å². The molecule has 4 heteroatoms. The van der Waals surface area contributed by atoms with Crippen molar-refractivity contribution in [1.29, 1.82) is 0 Å². The topological polar surface area (TPSA) is 38.0 Å². The number of benzene rings is 1. The summed E-state index contributed by atoms with van der Waals surface area (Å²) in [4.78, 5) is 0. The smallest absolute Gasteiger partial charge is 0.0469 e. The summed E-state index contributed by atoms with van der Waals surface area (Å²) in [6.07, 6.45) is 2.53. The number of nitrogens with two attached hydrogens (primary N) is 1. The van der Waals surface area contributed by atoms with Crippen molar-refractivity contribution in [2.45, 2.75) is 24.9 Å². The Labute approximate surface area is 99.7 Å². The van der Waals surface area contributed by atoms with Crippen LogP contribution in [0, 0.1) is 0 Å². The zero-order valence-electron chi connectivity index (χ0n) is 8.34. The molecule has 3 N–H and O–H groups in total. The highest BCUT2D eigenvalue weighted by Crippen LogP contribution is 2.26. The summed E-state index contributed by atoms with van der Waals surface area (Å²) in [5.41, 5.74) is 6.98. The first kappa shape index (κ1) is 11.2. The molecule has 0 radical (unpaired) electrons. The van der Waals surface area contributed by atoms with E-state index in [9.17, 15) is 0 Å². The third-order valence-corrected chi connectivity index (χ3v) is 3.13. The van der Waals surface area contributed by atoms with Gasteiger partial charge in [-0.2, -0.15) is 0 Å². The van der Waals surface area contributed by atoms with E-state index in [1.54, 1.807) is 6.07 Å². The molecule has 0 spiro atoms. The third-order valence-electron chi connectivity index (χ3n) is 2.57. The normalized spacial score (nSPS) is 17.8. The zero-order chi connectivity index (χ0) is 10.8. The van der Waals surface area contributed by atoms with Crippen LogP contribution in [0.3, 0.4) is 0 Å². The predicted molar refractivity (Wildman–Crippen MR) is 64.4 cm³/mol. The van der Waals surface area contributed by atoms with Gasteiger partial charge in [-0.3, -0.25) is 0 Å². The maximum absolute atomic E-state index is 6.06. The van der Waals surface area contributed by atoms with Crippen molar-refractivity contribution in [3.8, 4) is 0 Å². The van der Waals surface area contributed by atoms with Crippen LogP contribution in [0.4, 0.5) is 0 Å². The Morgan fingerprint density at radius 2 is 2.13 bits per heavy atom. The number of nitrogens with one attached hydrogen (secondary N) is 1. The van der Waals surface area contributed by atoms with Crippen molar-refractivity contribution in [2.75, 3.05) is 6.54 Å². The van der Waals surface area contributed by atoms with E-state index in [2.05, 4.69) is 5.32 Å². The minimum atomic E-state index is -0.0598. The highest BCUT2D eigenvalue weighted by Gasteiger charge is 2.21. The van der Waals surface area contributed by atoms with Gasteiger partial charge in [0.2, 0.25) is 0 Å². The van der Waals surface area contributed by atoms with Crippen molar-refractivity contribution in [3.05, 3.63) is 33.8 Å². The Morgan fingerprint density at radius 1 is 1.40 bits per heavy atom. The van der Waals surface area contributed by atoms with Crippen LogP contribution in [0.2, 0.25) is 10.0 Å². The van der Waals surface area contributed by atoms with Gasteiger partial charge < -0.3 is 11.1 Å². The summed E-state index contributed by atoms with van der Waals surface area (Å²) in [7, 11) is 0. The summed E-state index contributed by atoms with van der Waals surface area (Å²) >= 11 is 11.9. The molecule has 0 heterocycles. The minimum absolute atomic E-state index is 0.0598. The van der Waals surface area contributed by atoms with Crippen LogP contribution in [0.15, 0.2) is 18.2 Å². The van der Waals surface area contributed by atoms with Crippen LogP contribution in [0.1, 0.15) is 24.4 Å². The van der Waals surface area contributed by atoms with Gasteiger partial charge >= 0.3 is 0 Å². The lowest BCUT2D eigenvalue weighted by Gasteiger charge is -2.14. The van der Waals surface area contributed by atoms with Crippen LogP contribution >= 0.6 is 23.2 Å². The van der Waals surface area contributed by atoms with Crippen molar-refractivity contribution in [2.24, 2.45) is 5.73 Å². The van der Waals surface area contributed by atoms with Crippen molar-refractivity contribution < 1.29 is 0 Å². The maximum atomic E-state index is 6.06. The SMILES string of the molecule is NC(CNC1CC1)c1ccc(Cl)cc1Cl. The second-order valence-electron chi connectivity index (χ2n) is 3.95. The molecule has 1 unspecified atom stereocenters. The molecule has 0 saturated heterocycles. The molecular formula is C11H14Cl2N2. The van der Waals surface area contributed by atoms with Gasteiger partial charge in [-0.1, -0.05) is 29.3 Å². The quantitative estimate of drug-likeness (QED) is 0.855. The molecular weight excluding hydrogens is 231 g/mol. The highest BCUT2D eigenvalue weighted by atomic mass is 35.5. The summed E-state index contributed by atoms with van der Waals surface area (Å²) in [6.45, 7) is 0.770. The van der Waals surface area contributed by atoms with Gasteiger partial charge in [0.1, 0.15) is 0 Å². The Hall–Kier alpha value is -0.280. The van der Waals surface area contributed by atoms with E-state index in [0.29, 0.717) is 16.1 Å². The van der Waals surface area contributed by atoms with Gasteiger partial charge in [0.15, 0.2) is 0 Å². The van der Waals surface area contributed by atoms with Gasteiger partial charge in [0.25, 0.3) is 0 Å². The Morgan fingerprint density at radius 3 is 2.73 bits per heavy atom. The van der Waals surface area contributed by atoms with Crippen molar-refractivity contribution in [3.63, 3.8) is 0 Å². The Kier molecular flexibility index (Phi) is 3.52. The fraction of sp³-hybridized carbons (Fsp3) is 0.455. The van der Waals surface area contributed by atoms with Gasteiger partial charge in [-0.25, -0.2) is 0 Å². The summed E-state index contributed by atoms with van der Waals surface area (Å²) in [5.74, 6) is 0. The Bertz CT molecular complexity index is 350. The lowest BCUT2D eigenvalue weighted by molar-refractivity contribution is 0.595. The predicted octanol–water partition coefficient (Wildman–Crippen LogP) is 2.75. The minimum Gasteiger partial charge on any atom is -0.323 e. The first-order valence-electron chi connectivity index (χ1n) is 5.10. The molecule has 1 aliphatic rings. The molecule has 0 bridgehead atoms. The molecule has 2 rings (SSSR count). The van der Waals surface area contributed by atoms with Gasteiger partial charge in [-0.15, -0.1) is 0 Å². The maximum Gasteiger partial charge on any atom is 0.0469 e. The van der Waals surface area contributed by atoms with Gasteiger partial charge in [0, 0.05) is 28.7 Å². The molecule has 1 fully saturated rings. The zero-order valence-corrected chi connectivity index (χ0v) is 9.85. The fourth-order valence-corrected chi connectivity index (χ4v) is 2.04. The van der Waals surface area contributed by atoms with Crippen LogP contribution < -0.4 is 11.1 Å². The van der Waals surface area contributed by atoms with Crippen LogP contribution in [0.5, 0.6) is 0 Å². The molecule has 1 atom stereocenters. The van der Waals surface area contributed by atoms with Crippen LogP contribution in [-0.4, -0.2) is 12.6 Å². The summed E-state index contributed by atoms with van der Waals surface area (Å²) < 4.78 is 0. The number of hydrogen-bond acceptors (Lipinski definition) is 2. The lowest BCUT2D eigenvalue weighted by Crippen LogP contribution is -2.28. The van der Waals surface area contributed by atoms with Crippen LogP contribution in [-0.2, 0) is 0 Å². The highest BCUT2D eigenvalue weighted by molar-refractivity contribution is 6.35. The monoisotopic (exact) mass is 244 g/mol. The van der Waals surface area contributed by atoms with E-state index < -0.39 is 0 Å². The third kappa shape index (κ3) is 3.08. The van der Waals surface area contributed by atoms with Crippen molar-refractivity contribution in [1.82, 2.24) is 5.32 Å². The van der Waals surface area contributed by atoms with Crippen molar-refractivity contribution >= 4 is 23.2 Å². The molecule has 1 aliphatic carbocycles. The van der Waals surface area contributed by atoms with E-state index in [1.165, 1.54) is 12.8 Å². The molecule has 82 valence electrons. The summed E-state index contributed by atoms with van der Waals surface area (Å²) in [6, 6.07) is 6.05. The first-order chi connectivity index (χ1) is 7.16. The second kappa shape index (κ2) is 4.71. The van der Waals surface area contributed by atoms with Gasteiger partial charge in [-0.05, 0) is 30.5 Å². The number of rotatable bonds is 4. The van der Waals surface area contributed by atoms with E-state index in [4.69, 9.17) is 28.9 Å². The first-order valence-corrected chi connectivity index (χ1v) is 5.86. The molecule has 0 amide bonds. The number of halogens is 2. The molecule has 0 aliphatic heterocycles. The van der Waals surface area contributed by atoms with E-state index >= 15 is 0 Å². The Balaban J connectivity index is 1.99. The summed E-state index contributed by atoms with van der Waals surface area (Å²) in [5, 5.41) is 4.67. The van der Waals surface area contributed by atoms with Gasteiger partial charge in [0.05, 0.1) is 0 Å². The molecule has 1 aromatic rings. The standard InChI is InChI=1S/C11H14Cl2N2/c12-7-1-4-9(10(13)5-7)11(14)6-15-8-2-3-8/h1,4-5,8,11,15H,2-3,6,14H2. The largest absolute Gasteiger partial charge is 0.323 e. The molecule has 1 saturated carbocycles. The van der Waals surface area contributed by atoms with Crippen LogP contribution in [0.25, 0.3) is 0 Å². The molecule has 0 aromatic heterocycles. The molecule has 1 aromatic carbocycles. The average molecular weight is 245 g/mol. The number of hydrogen-bond donors (Lipinski definition) is 2. The second-order valence-corrected chi connectivity index (χ2v) is 4.80. The lowest BCUT2D eigenvalue weighted by atomic mass is 10.1. The van der Waals surface area contributed by atoms with E-state index in [0.717, 1.165) is 12.1 Å². The molecule has 2 nitrogen and oxygen atoms in total. The molecule has 15 heavy (non-hydrogen) atoms. The fourth-order valence-electron chi connectivity index (χ4n) is 1.49.